The molecule has 16 nitrogen and oxygen atoms in total. The van der Waals surface area contributed by atoms with E-state index in [2.05, 4.69) is 0 Å². The molecule has 2 saturated heterocycles. The Morgan fingerprint density at radius 3 is 0.671 bits per heavy atom. The maximum Gasteiger partial charge on any atom is 0.338 e. The summed E-state index contributed by atoms with van der Waals surface area (Å²) in [5.41, 5.74) is 0.455. The third-order valence-electron chi connectivity index (χ3n) is 11.4. The van der Waals surface area contributed by atoms with Crippen LogP contribution >= 0.6 is 0 Å². The van der Waals surface area contributed by atoms with Crippen LogP contribution in [0.2, 0.25) is 0 Å². The fourth-order valence-electron chi connectivity index (χ4n) is 7.96. The predicted octanol–water partition coefficient (Wildman–Crippen LogP) is 7.08. The highest BCUT2D eigenvalue weighted by Crippen LogP contribution is 2.39. The highest BCUT2D eigenvalue weighted by atomic mass is 16.8. The van der Waals surface area contributed by atoms with E-state index in [1.807, 2.05) is 0 Å². The molecule has 6 aromatic rings. The average molecular weight is 951 g/mol. The highest BCUT2D eigenvalue weighted by Gasteiger charge is 2.62. The number of methoxy groups -OCH3 is 2. The summed E-state index contributed by atoms with van der Waals surface area (Å²) in [6, 6.07) is 47.2. The predicted molar refractivity (Wildman–Crippen MR) is 245 cm³/mol. The Balaban J connectivity index is 1.29. The summed E-state index contributed by atoms with van der Waals surface area (Å²) in [6.45, 7) is 0. The van der Waals surface area contributed by atoms with E-state index in [1.165, 1.54) is 87.0 Å². The van der Waals surface area contributed by atoms with Crippen LogP contribution in [0.1, 0.15) is 62.1 Å². The lowest BCUT2D eigenvalue weighted by atomic mass is 9.87. The first-order valence-corrected chi connectivity index (χ1v) is 22.1. The molecule has 16 heteroatoms. The Hall–Kier alpha value is -8.02. The Labute approximate surface area is 401 Å². The molecule has 10 atom stereocenters. The molecule has 0 aliphatic carbocycles. The number of benzene rings is 6. The van der Waals surface area contributed by atoms with Crippen LogP contribution in [0.15, 0.2) is 182 Å². The molecular weight excluding hydrogens is 905 g/mol. The topological polar surface area (TPSA) is 195 Å². The van der Waals surface area contributed by atoms with Crippen LogP contribution in [0.3, 0.4) is 0 Å². The standard InChI is InChI=1S/C54H46O16/c1-61-53-45(67-51(59)37-29-17-7-18-30-37)43(65-49(57)35-25-13-5-14-26-35)39(63-47(55)33-21-9-3-10-22-33)41(69-53)42-40(64-48(56)34-23-11-4-12-24-34)44(66-50(58)36-27-15-6-16-28-36)46(54(62-2)70-42)68-52(60)38-31-19-8-20-32-38/h3-32,39-46,53-54H,1-2H3/t39-,40-,41+,42+,43+,44+,45+,46+,53+,54+/m1/s1. The van der Waals surface area contributed by atoms with Crippen molar-refractivity contribution >= 4 is 35.8 Å². The zero-order valence-corrected chi connectivity index (χ0v) is 37.6. The van der Waals surface area contributed by atoms with E-state index < -0.39 is 97.2 Å². The lowest BCUT2D eigenvalue weighted by molar-refractivity contribution is -0.349. The molecule has 0 unspecified atom stereocenters. The van der Waals surface area contributed by atoms with Gasteiger partial charge in [0.15, 0.2) is 49.2 Å². The SMILES string of the molecule is CO[C@H]1O[C@H]([C@H]2O[C@H](OC)[C@@H](OC(=O)c3ccccc3)[C@@H](OC(=O)c3ccccc3)[C@@H]2OC(=O)c2ccccc2)[C@@H](OC(=O)c2ccccc2)[C@H](OC(=O)c2ccccc2)[C@@H]1OC(=O)c1ccccc1. The molecule has 0 aromatic heterocycles. The fraction of sp³-hybridized carbons (Fsp3) is 0.222. The van der Waals surface area contributed by atoms with Gasteiger partial charge in [0.05, 0.1) is 33.4 Å². The van der Waals surface area contributed by atoms with E-state index in [0.29, 0.717) is 0 Å². The monoisotopic (exact) mass is 950 g/mol. The number of rotatable bonds is 15. The first kappa shape index (κ1) is 48.4. The van der Waals surface area contributed by atoms with Crippen molar-refractivity contribution in [1.82, 2.24) is 0 Å². The Morgan fingerprint density at radius 1 is 0.286 bits per heavy atom. The minimum Gasteiger partial charge on any atom is -0.452 e. The first-order valence-electron chi connectivity index (χ1n) is 22.1. The molecule has 0 saturated carbocycles. The van der Waals surface area contributed by atoms with Crippen molar-refractivity contribution in [1.29, 1.82) is 0 Å². The Morgan fingerprint density at radius 2 is 0.471 bits per heavy atom. The number of esters is 6. The van der Waals surface area contributed by atoms with E-state index in [-0.39, 0.29) is 33.4 Å². The highest BCUT2D eigenvalue weighted by molar-refractivity contribution is 5.93. The van der Waals surface area contributed by atoms with E-state index in [0.717, 1.165) is 0 Å². The van der Waals surface area contributed by atoms with Gasteiger partial charge >= 0.3 is 35.8 Å². The van der Waals surface area contributed by atoms with Crippen molar-refractivity contribution in [3.63, 3.8) is 0 Å². The summed E-state index contributed by atoms with van der Waals surface area (Å²) in [7, 11) is 2.46. The summed E-state index contributed by atoms with van der Waals surface area (Å²) in [6.07, 6.45) is -17.4. The summed E-state index contributed by atoms with van der Waals surface area (Å²) in [5.74, 6) is -5.55. The molecule has 358 valence electrons. The van der Waals surface area contributed by atoms with Crippen molar-refractivity contribution in [2.24, 2.45) is 0 Å². The van der Waals surface area contributed by atoms with Crippen molar-refractivity contribution in [2.75, 3.05) is 14.2 Å². The van der Waals surface area contributed by atoms with Crippen LogP contribution in [-0.2, 0) is 47.4 Å². The average Bonchev–Trinajstić information content (AvgIpc) is 3.41. The summed E-state index contributed by atoms with van der Waals surface area (Å²) >= 11 is 0. The zero-order valence-electron chi connectivity index (χ0n) is 37.6. The molecule has 0 amide bonds. The van der Waals surface area contributed by atoms with Crippen LogP contribution in [-0.4, -0.2) is 111 Å². The van der Waals surface area contributed by atoms with Gasteiger partial charge in [-0.25, -0.2) is 28.8 Å². The molecule has 2 heterocycles. The Bertz CT molecular complexity index is 2520. The number of hydrogen-bond acceptors (Lipinski definition) is 16. The van der Waals surface area contributed by atoms with E-state index in [1.54, 1.807) is 109 Å². The normalized spacial score (nSPS) is 23.9. The molecule has 2 aliphatic rings. The third-order valence-corrected chi connectivity index (χ3v) is 11.4. The maximum absolute atomic E-state index is 14.3. The van der Waals surface area contributed by atoms with E-state index in [9.17, 15) is 28.8 Å². The van der Waals surface area contributed by atoms with Gasteiger partial charge in [0.2, 0.25) is 0 Å². The second-order valence-electron chi connectivity index (χ2n) is 15.8. The fourth-order valence-corrected chi connectivity index (χ4v) is 7.96. The molecule has 6 aromatic carbocycles. The van der Waals surface area contributed by atoms with Crippen molar-refractivity contribution in [3.05, 3.63) is 215 Å². The van der Waals surface area contributed by atoms with Gasteiger partial charge in [-0.05, 0) is 72.8 Å². The van der Waals surface area contributed by atoms with Crippen LogP contribution in [0.4, 0.5) is 0 Å². The van der Waals surface area contributed by atoms with Crippen molar-refractivity contribution in [3.8, 4) is 0 Å². The minimum atomic E-state index is -1.84. The maximum atomic E-state index is 14.3. The first-order chi connectivity index (χ1) is 34.1. The number of carbonyl (C=O) groups excluding carboxylic acids is 6. The second kappa shape index (κ2) is 22.9. The van der Waals surface area contributed by atoms with Crippen LogP contribution in [0.25, 0.3) is 0 Å². The van der Waals surface area contributed by atoms with Crippen molar-refractivity contribution < 1.29 is 76.1 Å². The molecule has 0 radical (unpaired) electrons. The largest absolute Gasteiger partial charge is 0.452 e. The van der Waals surface area contributed by atoms with Crippen LogP contribution in [0, 0.1) is 0 Å². The molecule has 2 aliphatic heterocycles. The second-order valence-corrected chi connectivity index (χ2v) is 15.8. The number of carbonyl (C=O) groups is 6. The van der Waals surface area contributed by atoms with Gasteiger partial charge in [-0.3, -0.25) is 0 Å². The van der Waals surface area contributed by atoms with E-state index >= 15 is 0 Å². The molecule has 70 heavy (non-hydrogen) atoms. The van der Waals surface area contributed by atoms with Crippen LogP contribution < -0.4 is 0 Å². The smallest absolute Gasteiger partial charge is 0.338 e. The molecular formula is C54H46O16. The molecule has 0 bridgehead atoms. The van der Waals surface area contributed by atoms with Gasteiger partial charge in [-0.15, -0.1) is 0 Å². The number of hydrogen-bond donors (Lipinski definition) is 0. The summed E-state index contributed by atoms with van der Waals surface area (Å²) in [4.78, 5) is 85.0. The van der Waals surface area contributed by atoms with Gasteiger partial charge in [-0.1, -0.05) is 109 Å². The van der Waals surface area contributed by atoms with Crippen molar-refractivity contribution in [2.45, 2.75) is 61.4 Å². The van der Waals surface area contributed by atoms with Gasteiger partial charge < -0.3 is 47.4 Å². The molecule has 0 N–H and O–H groups in total. The third kappa shape index (κ3) is 11.3. The zero-order chi connectivity index (χ0) is 49.0. The molecule has 8 rings (SSSR count). The minimum absolute atomic E-state index is 0.0509. The summed E-state index contributed by atoms with van der Waals surface area (Å²) in [5, 5.41) is 0. The van der Waals surface area contributed by atoms with E-state index in [4.69, 9.17) is 47.4 Å². The summed E-state index contributed by atoms with van der Waals surface area (Å²) < 4.78 is 62.2. The lowest BCUT2D eigenvalue weighted by Gasteiger charge is -2.51. The van der Waals surface area contributed by atoms with Gasteiger partial charge in [0.1, 0.15) is 12.2 Å². The van der Waals surface area contributed by atoms with Gasteiger partial charge in [-0.2, -0.15) is 0 Å². The van der Waals surface area contributed by atoms with Gasteiger partial charge in [0, 0.05) is 14.2 Å². The molecule has 2 fully saturated rings. The van der Waals surface area contributed by atoms with Crippen LogP contribution in [0.5, 0.6) is 0 Å². The Kier molecular flexibility index (Phi) is 15.8. The lowest BCUT2D eigenvalue weighted by Crippen LogP contribution is -2.71. The number of ether oxygens (including phenoxy) is 10. The molecule has 0 spiro atoms. The van der Waals surface area contributed by atoms with Gasteiger partial charge in [0.25, 0.3) is 0 Å². The quantitative estimate of drug-likeness (QED) is 0.0748.